The molecule has 3 rings (SSSR count). The molecule has 0 bridgehead atoms. The summed E-state index contributed by atoms with van der Waals surface area (Å²) in [5, 5.41) is 3.05. The highest BCUT2D eigenvalue weighted by molar-refractivity contribution is 5.98. The van der Waals surface area contributed by atoms with Crippen LogP contribution in [-0.4, -0.2) is 46.8 Å². The Morgan fingerprint density at radius 1 is 1.00 bits per heavy atom. The second kappa shape index (κ2) is 11.6. The van der Waals surface area contributed by atoms with Crippen molar-refractivity contribution in [2.24, 2.45) is 5.92 Å². The van der Waals surface area contributed by atoms with E-state index in [4.69, 9.17) is 18.9 Å². The number of nitrogens with one attached hydrogen (secondary N) is 1. The summed E-state index contributed by atoms with van der Waals surface area (Å²) in [6.07, 6.45) is 2.62. The maximum atomic E-state index is 13.3. The van der Waals surface area contributed by atoms with Crippen molar-refractivity contribution in [3.8, 4) is 23.0 Å². The zero-order valence-corrected chi connectivity index (χ0v) is 20.6. The Morgan fingerprint density at radius 2 is 1.65 bits per heavy atom. The van der Waals surface area contributed by atoms with Crippen molar-refractivity contribution in [3.05, 3.63) is 42.0 Å². The number of nitrogens with zero attached hydrogens (tertiary/aromatic N) is 1. The Labute approximate surface area is 201 Å². The van der Waals surface area contributed by atoms with Crippen LogP contribution in [0.2, 0.25) is 0 Å². The van der Waals surface area contributed by atoms with E-state index < -0.39 is 12.0 Å². The summed E-state index contributed by atoms with van der Waals surface area (Å²) in [4.78, 5) is 28.3. The second-order valence-electron chi connectivity index (χ2n) is 8.16. The van der Waals surface area contributed by atoms with E-state index in [0.29, 0.717) is 41.7 Å². The predicted octanol–water partition coefficient (Wildman–Crippen LogP) is 4.12. The van der Waals surface area contributed by atoms with Crippen molar-refractivity contribution in [2.75, 3.05) is 39.9 Å². The van der Waals surface area contributed by atoms with Crippen LogP contribution in [0.15, 0.2) is 36.4 Å². The fourth-order valence-electron chi connectivity index (χ4n) is 4.38. The van der Waals surface area contributed by atoms with Crippen LogP contribution < -0.4 is 29.2 Å². The first kappa shape index (κ1) is 25.2. The Bertz CT molecular complexity index is 966. The lowest BCUT2D eigenvalue weighted by Crippen LogP contribution is -2.48. The monoisotopic (exact) mass is 470 g/mol. The molecule has 1 aliphatic rings. The number of amides is 2. The molecular formula is C26H34N2O6. The Hall–Kier alpha value is -3.42. The molecule has 0 aliphatic carbocycles. The fraction of sp³-hybridized carbons (Fsp3) is 0.462. The smallest absolute Gasteiger partial charge is 0.227 e. The van der Waals surface area contributed by atoms with E-state index in [1.165, 1.54) is 21.3 Å². The number of anilines is 1. The lowest BCUT2D eigenvalue weighted by atomic mass is 9.83. The van der Waals surface area contributed by atoms with Gasteiger partial charge in [-0.05, 0) is 30.5 Å². The maximum Gasteiger partial charge on any atom is 0.227 e. The SMILES string of the molecule is CCCCNC(=O)C1CCC(=O)N(c2cc(OC)c(OC)c(OC)c2)C1c1ccc(OC)cc1. The first-order valence-electron chi connectivity index (χ1n) is 11.5. The number of carbonyl (C=O) groups is 2. The molecular weight excluding hydrogens is 436 g/mol. The third-order valence-electron chi connectivity index (χ3n) is 6.15. The Kier molecular flexibility index (Phi) is 8.62. The molecule has 1 aliphatic heterocycles. The predicted molar refractivity (Wildman–Crippen MR) is 130 cm³/mol. The Balaban J connectivity index is 2.11. The number of hydrogen-bond donors (Lipinski definition) is 1. The number of ether oxygens (including phenoxy) is 4. The van der Waals surface area contributed by atoms with Gasteiger partial charge < -0.3 is 29.2 Å². The van der Waals surface area contributed by atoms with Crippen LogP contribution in [0, 0.1) is 5.92 Å². The maximum absolute atomic E-state index is 13.3. The van der Waals surface area contributed by atoms with Crippen LogP contribution in [0.5, 0.6) is 23.0 Å². The molecule has 1 fully saturated rings. The van der Waals surface area contributed by atoms with Gasteiger partial charge in [0.05, 0.1) is 46.1 Å². The molecule has 0 spiro atoms. The number of unbranched alkanes of at least 4 members (excludes halogenated alkanes) is 1. The third kappa shape index (κ3) is 5.21. The average Bonchev–Trinajstić information content (AvgIpc) is 2.87. The van der Waals surface area contributed by atoms with Gasteiger partial charge in [-0.25, -0.2) is 0 Å². The van der Waals surface area contributed by atoms with E-state index in [-0.39, 0.29) is 18.2 Å². The molecule has 2 unspecified atom stereocenters. The quantitative estimate of drug-likeness (QED) is 0.526. The zero-order chi connectivity index (χ0) is 24.7. The lowest BCUT2D eigenvalue weighted by molar-refractivity contribution is -0.129. The summed E-state index contributed by atoms with van der Waals surface area (Å²) >= 11 is 0. The molecule has 0 radical (unpaired) electrons. The van der Waals surface area contributed by atoms with Gasteiger partial charge in [0.2, 0.25) is 17.6 Å². The van der Waals surface area contributed by atoms with Gasteiger partial charge in [0.25, 0.3) is 0 Å². The highest BCUT2D eigenvalue weighted by Crippen LogP contribution is 2.46. The molecule has 1 saturated heterocycles. The number of piperidine rings is 1. The zero-order valence-electron chi connectivity index (χ0n) is 20.6. The minimum atomic E-state index is -0.503. The third-order valence-corrected chi connectivity index (χ3v) is 6.15. The summed E-state index contributed by atoms with van der Waals surface area (Å²) in [5.41, 5.74) is 1.42. The van der Waals surface area contributed by atoms with Gasteiger partial charge in [-0.2, -0.15) is 0 Å². The van der Waals surface area contributed by atoms with E-state index in [2.05, 4.69) is 12.2 Å². The first-order chi connectivity index (χ1) is 16.5. The highest BCUT2D eigenvalue weighted by atomic mass is 16.5. The van der Waals surface area contributed by atoms with Crippen LogP contribution in [0.3, 0.4) is 0 Å². The van der Waals surface area contributed by atoms with Gasteiger partial charge in [-0.3, -0.25) is 9.59 Å². The van der Waals surface area contributed by atoms with Crippen LogP contribution in [-0.2, 0) is 9.59 Å². The average molecular weight is 471 g/mol. The molecule has 1 N–H and O–H groups in total. The van der Waals surface area contributed by atoms with Crippen molar-refractivity contribution in [3.63, 3.8) is 0 Å². The topological polar surface area (TPSA) is 86.3 Å². The molecule has 34 heavy (non-hydrogen) atoms. The van der Waals surface area contributed by atoms with Gasteiger partial charge in [0.15, 0.2) is 11.5 Å². The van der Waals surface area contributed by atoms with Gasteiger partial charge in [0.1, 0.15) is 5.75 Å². The van der Waals surface area contributed by atoms with Gasteiger partial charge in [0, 0.05) is 25.1 Å². The first-order valence-corrected chi connectivity index (χ1v) is 11.5. The van der Waals surface area contributed by atoms with E-state index in [9.17, 15) is 9.59 Å². The van der Waals surface area contributed by atoms with Crippen LogP contribution in [0.1, 0.15) is 44.2 Å². The van der Waals surface area contributed by atoms with E-state index >= 15 is 0 Å². The number of rotatable bonds is 10. The molecule has 8 nitrogen and oxygen atoms in total. The molecule has 8 heteroatoms. The van der Waals surface area contributed by atoms with Crippen LogP contribution >= 0.6 is 0 Å². The van der Waals surface area contributed by atoms with Gasteiger partial charge >= 0.3 is 0 Å². The standard InChI is InChI=1S/C26H34N2O6/c1-6-7-14-27-26(30)20-12-13-23(29)28(24(20)17-8-10-19(31-2)11-9-17)18-15-21(32-3)25(34-5)22(16-18)33-4/h8-11,15-16,20,24H,6-7,12-14H2,1-5H3,(H,27,30). The molecule has 184 valence electrons. The minimum absolute atomic E-state index is 0.0563. The summed E-state index contributed by atoms with van der Waals surface area (Å²) in [5.74, 6) is 1.47. The van der Waals surface area contributed by atoms with E-state index in [1.807, 2.05) is 24.3 Å². The normalized spacial score (nSPS) is 17.8. The van der Waals surface area contributed by atoms with Gasteiger partial charge in [-0.1, -0.05) is 25.5 Å². The summed E-state index contributed by atoms with van der Waals surface area (Å²) < 4.78 is 21.8. The molecule has 1 heterocycles. The van der Waals surface area contributed by atoms with Crippen molar-refractivity contribution in [2.45, 2.75) is 38.6 Å². The van der Waals surface area contributed by atoms with Crippen molar-refractivity contribution in [1.29, 1.82) is 0 Å². The molecule has 2 aromatic carbocycles. The summed E-state index contributed by atoms with van der Waals surface area (Å²) in [7, 11) is 6.20. The number of carbonyl (C=O) groups excluding carboxylic acids is 2. The molecule has 0 aromatic heterocycles. The van der Waals surface area contributed by atoms with E-state index in [0.717, 1.165) is 18.4 Å². The van der Waals surface area contributed by atoms with Gasteiger partial charge in [-0.15, -0.1) is 0 Å². The van der Waals surface area contributed by atoms with Crippen molar-refractivity contribution in [1.82, 2.24) is 5.32 Å². The minimum Gasteiger partial charge on any atom is -0.497 e. The largest absolute Gasteiger partial charge is 0.497 e. The highest BCUT2D eigenvalue weighted by Gasteiger charge is 2.42. The van der Waals surface area contributed by atoms with Crippen molar-refractivity contribution < 1.29 is 28.5 Å². The summed E-state index contributed by atoms with van der Waals surface area (Å²) in [6, 6.07) is 10.5. The molecule has 0 saturated carbocycles. The molecule has 2 aromatic rings. The van der Waals surface area contributed by atoms with Crippen LogP contribution in [0.4, 0.5) is 5.69 Å². The molecule has 2 atom stereocenters. The number of hydrogen-bond acceptors (Lipinski definition) is 6. The Morgan fingerprint density at radius 3 is 2.18 bits per heavy atom. The molecule has 2 amide bonds. The van der Waals surface area contributed by atoms with E-state index in [1.54, 1.807) is 24.1 Å². The van der Waals surface area contributed by atoms with Crippen LogP contribution in [0.25, 0.3) is 0 Å². The van der Waals surface area contributed by atoms with Crippen molar-refractivity contribution >= 4 is 17.5 Å². The number of benzene rings is 2. The summed E-state index contributed by atoms with van der Waals surface area (Å²) in [6.45, 7) is 2.69. The second-order valence-corrected chi connectivity index (χ2v) is 8.16. The lowest BCUT2D eigenvalue weighted by Gasteiger charge is -2.41. The fourth-order valence-corrected chi connectivity index (χ4v) is 4.38. The number of methoxy groups -OCH3 is 4.